The molecule has 1 N–H and O–H groups in total. The number of thiazole rings is 1. The predicted molar refractivity (Wildman–Crippen MR) is 69.5 cm³/mol. The van der Waals surface area contributed by atoms with E-state index in [1.807, 2.05) is 13.8 Å². The molecule has 104 valence electrons. The van der Waals surface area contributed by atoms with E-state index in [4.69, 9.17) is 9.84 Å². The molecule has 0 aromatic carbocycles. The zero-order valence-electron chi connectivity index (χ0n) is 10.8. The van der Waals surface area contributed by atoms with Crippen LogP contribution in [0.25, 0.3) is 0 Å². The van der Waals surface area contributed by atoms with Crippen LogP contribution in [0.15, 0.2) is 5.38 Å². The summed E-state index contributed by atoms with van der Waals surface area (Å²) in [6.07, 6.45) is 0. The average molecular weight is 284 g/mol. The molecule has 1 saturated heterocycles. The molecular weight excluding hydrogens is 268 g/mol. The van der Waals surface area contributed by atoms with Crippen molar-refractivity contribution in [2.75, 3.05) is 19.8 Å². The van der Waals surface area contributed by atoms with Crippen LogP contribution in [-0.2, 0) is 9.53 Å². The smallest absolute Gasteiger partial charge is 0.328 e. The summed E-state index contributed by atoms with van der Waals surface area (Å²) in [5.74, 6) is -1.13. The topological polar surface area (TPSA) is 79.7 Å². The zero-order valence-corrected chi connectivity index (χ0v) is 11.6. The lowest BCUT2D eigenvalue weighted by Crippen LogP contribution is -2.52. The Morgan fingerprint density at radius 3 is 2.89 bits per heavy atom. The first-order valence-corrected chi connectivity index (χ1v) is 6.95. The molecule has 1 aliphatic heterocycles. The van der Waals surface area contributed by atoms with Gasteiger partial charge in [0.25, 0.3) is 5.91 Å². The summed E-state index contributed by atoms with van der Waals surface area (Å²) >= 11 is 1.42. The Hall–Kier alpha value is -1.47. The van der Waals surface area contributed by atoms with Crippen LogP contribution >= 0.6 is 11.3 Å². The minimum absolute atomic E-state index is 0.0300. The van der Waals surface area contributed by atoms with Gasteiger partial charge in [-0.3, -0.25) is 4.79 Å². The summed E-state index contributed by atoms with van der Waals surface area (Å²) in [4.78, 5) is 29.0. The van der Waals surface area contributed by atoms with E-state index in [0.717, 1.165) is 5.01 Å². The third-order valence-corrected chi connectivity index (χ3v) is 4.05. The Kier molecular flexibility index (Phi) is 4.16. The van der Waals surface area contributed by atoms with E-state index in [-0.39, 0.29) is 25.0 Å². The number of hydrogen-bond donors (Lipinski definition) is 1. The maximum absolute atomic E-state index is 12.3. The van der Waals surface area contributed by atoms with Gasteiger partial charge < -0.3 is 14.7 Å². The van der Waals surface area contributed by atoms with E-state index < -0.39 is 12.0 Å². The second-order valence-electron chi connectivity index (χ2n) is 4.65. The Bertz CT molecular complexity index is 486. The standard InChI is InChI=1S/C12H16N2O4S/c1-7(2)10-13-8(6-19-10)11(15)14-3-4-18-5-9(14)12(16)17/h6-7,9H,3-5H2,1-2H3,(H,16,17). The first-order valence-electron chi connectivity index (χ1n) is 6.07. The van der Waals surface area contributed by atoms with Crippen molar-refractivity contribution in [3.05, 3.63) is 16.1 Å². The van der Waals surface area contributed by atoms with Gasteiger partial charge in [-0.25, -0.2) is 9.78 Å². The van der Waals surface area contributed by atoms with Crippen LogP contribution in [0.3, 0.4) is 0 Å². The maximum Gasteiger partial charge on any atom is 0.328 e. The molecule has 19 heavy (non-hydrogen) atoms. The van der Waals surface area contributed by atoms with Crippen LogP contribution in [0.4, 0.5) is 0 Å². The van der Waals surface area contributed by atoms with Crippen LogP contribution in [0.1, 0.15) is 35.3 Å². The van der Waals surface area contributed by atoms with Gasteiger partial charge in [0.1, 0.15) is 5.69 Å². The highest BCUT2D eigenvalue weighted by Gasteiger charge is 2.34. The second-order valence-corrected chi connectivity index (χ2v) is 5.54. The summed E-state index contributed by atoms with van der Waals surface area (Å²) in [5.41, 5.74) is 0.321. The fraction of sp³-hybridized carbons (Fsp3) is 0.583. The molecule has 1 aromatic heterocycles. The average Bonchev–Trinajstić information content (AvgIpc) is 2.87. The van der Waals surface area contributed by atoms with Crippen LogP contribution in [0.2, 0.25) is 0 Å². The number of aromatic nitrogens is 1. The molecule has 1 amide bonds. The fourth-order valence-corrected chi connectivity index (χ4v) is 2.66. The first kappa shape index (κ1) is 14.0. The summed E-state index contributed by atoms with van der Waals surface area (Å²) in [6.45, 7) is 4.67. The van der Waals surface area contributed by atoms with E-state index in [0.29, 0.717) is 12.3 Å². The summed E-state index contributed by atoms with van der Waals surface area (Å²) in [7, 11) is 0. The minimum atomic E-state index is -1.05. The number of nitrogens with zero attached hydrogens (tertiary/aromatic N) is 2. The molecule has 6 nitrogen and oxygen atoms in total. The maximum atomic E-state index is 12.3. The van der Waals surface area contributed by atoms with Crippen molar-refractivity contribution in [2.24, 2.45) is 0 Å². The van der Waals surface area contributed by atoms with E-state index >= 15 is 0 Å². The quantitative estimate of drug-likeness (QED) is 0.902. The Morgan fingerprint density at radius 1 is 1.58 bits per heavy atom. The number of hydrogen-bond acceptors (Lipinski definition) is 5. The molecule has 1 fully saturated rings. The van der Waals surface area contributed by atoms with Gasteiger partial charge in [-0.1, -0.05) is 13.8 Å². The van der Waals surface area contributed by atoms with Gasteiger partial charge in [-0.15, -0.1) is 11.3 Å². The summed E-state index contributed by atoms with van der Waals surface area (Å²) in [5, 5.41) is 11.7. The van der Waals surface area contributed by atoms with E-state index in [1.54, 1.807) is 5.38 Å². The van der Waals surface area contributed by atoms with E-state index in [2.05, 4.69) is 4.98 Å². The highest BCUT2D eigenvalue weighted by atomic mass is 32.1. The monoisotopic (exact) mass is 284 g/mol. The number of carbonyl (C=O) groups is 2. The van der Waals surface area contributed by atoms with Crippen molar-refractivity contribution < 1.29 is 19.4 Å². The van der Waals surface area contributed by atoms with Gasteiger partial charge in [-0.2, -0.15) is 0 Å². The van der Waals surface area contributed by atoms with Crippen LogP contribution in [0.5, 0.6) is 0 Å². The Balaban J connectivity index is 2.18. The molecule has 1 aliphatic rings. The number of carboxylic acid groups (broad SMARTS) is 1. The molecule has 1 unspecified atom stereocenters. The lowest BCUT2D eigenvalue weighted by molar-refractivity contribution is -0.147. The number of morpholine rings is 1. The van der Waals surface area contributed by atoms with Gasteiger partial charge in [-0.05, 0) is 0 Å². The van der Waals surface area contributed by atoms with E-state index in [1.165, 1.54) is 16.2 Å². The molecule has 1 atom stereocenters. The third-order valence-electron chi connectivity index (χ3n) is 2.91. The van der Waals surface area contributed by atoms with Crippen molar-refractivity contribution >= 4 is 23.2 Å². The SMILES string of the molecule is CC(C)c1nc(C(=O)N2CCOCC2C(=O)O)cs1. The minimum Gasteiger partial charge on any atom is -0.480 e. The van der Waals surface area contributed by atoms with Crippen molar-refractivity contribution in [3.8, 4) is 0 Å². The van der Waals surface area contributed by atoms with Gasteiger partial charge in [0.15, 0.2) is 6.04 Å². The molecule has 0 radical (unpaired) electrons. The zero-order chi connectivity index (χ0) is 14.0. The number of rotatable bonds is 3. The second kappa shape index (κ2) is 5.66. The normalized spacial score (nSPS) is 19.7. The number of carbonyl (C=O) groups excluding carboxylic acids is 1. The lowest BCUT2D eigenvalue weighted by Gasteiger charge is -2.32. The third kappa shape index (κ3) is 2.93. The number of carboxylic acids is 1. The van der Waals surface area contributed by atoms with Crippen LogP contribution in [-0.4, -0.2) is 52.7 Å². The predicted octanol–water partition coefficient (Wildman–Crippen LogP) is 1.19. The highest BCUT2D eigenvalue weighted by molar-refractivity contribution is 7.09. The molecule has 2 rings (SSSR count). The van der Waals surface area contributed by atoms with Crippen molar-refractivity contribution in [3.63, 3.8) is 0 Å². The molecule has 7 heteroatoms. The van der Waals surface area contributed by atoms with E-state index in [9.17, 15) is 9.59 Å². The van der Waals surface area contributed by atoms with Crippen molar-refractivity contribution in [2.45, 2.75) is 25.8 Å². The molecule has 0 saturated carbocycles. The van der Waals surface area contributed by atoms with Crippen molar-refractivity contribution in [1.82, 2.24) is 9.88 Å². The van der Waals surface area contributed by atoms with Crippen LogP contribution in [0, 0.1) is 0 Å². The Labute approximate surface area is 115 Å². The summed E-state index contributed by atoms with van der Waals surface area (Å²) in [6, 6.07) is -0.926. The molecule has 2 heterocycles. The van der Waals surface area contributed by atoms with Gasteiger partial charge in [0.05, 0.1) is 18.2 Å². The molecule has 0 aliphatic carbocycles. The van der Waals surface area contributed by atoms with Gasteiger partial charge in [0.2, 0.25) is 0 Å². The Morgan fingerprint density at radius 2 is 2.32 bits per heavy atom. The fourth-order valence-electron chi connectivity index (χ4n) is 1.85. The highest BCUT2D eigenvalue weighted by Crippen LogP contribution is 2.21. The molecule has 0 spiro atoms. The first-order chi connectivity index (χ1) is 9.00. The molecule has 1 aromatic rings. The number of ether oxygens (including phenoxy) is 1. The van der Waals surface area contributed by atoms with Gasteiger partial charge in [0, 0.05) is 17.8 Å². The molecule has 0 bridgehead atoms. The van der Waals surface area contributed by atoms with Crippen LogP contribution < -0.4 is 0 Å². The number of aliphatic carboxylic acids is 1. The lowest BCUT2D eigenvalue weighted by atomic mass is 10.2. The summed E-state index contributed by atoms with van der Waals surface area (Å²) < 4.78 is 5.11. The largest absolute Gasteiger partial charge is 0.480 e. The van der Waals surface area contributed by atoms with Gasteiger partial charge >= 0.3 is 5.97 Å². The van der Waals surface area contributed by atoms with Crippen molar-refractivity contribution in [1.29, 1.82) is 0 Å². The number of amides is 1. The molecular formula is C12H16N2O4S.